The maximum Gasteiger partial charge on any atom is 0.248 e. The number of nitrogens with one attached hydrogen (secondary N) is 1. The first-order valence-electron chi connectivity index (χ1n) is 9.69. The van der Waals surface area contributed by atoms with Crippen LogP contribution >= 0.6 is 0 Å². The van der Waals surface area contributed by atoms with E-state index in [1.165, 1.54) is 11.3 Å². The number of carbonyl (C=O) groups excluding carboxylic acids is 1. The van der Waals surface area contributed by atoms with Gasteiger partial charge >= 0.3 is 0 Å². The number of likely N-dealkylation sites (N-methyl/N-ethyl adjacent to an activating group) is 1. The van der Waals surface area contributed by atoms with Crippen LogP contribution in [-0.2, 0) is 4.79 Å². The van der Waals surface area contributed by atoms with Crippen molar-refractivity contribution < 1.29 is 4.79 Å². The van der Waals surface area contributed by atoms with E-state index in [1.807, 2.05) is 44.2 Å². The van der Waals surface area contributed by atoms with Gasteiger partial charge in [-0.2, -0.15) is 0 Å². The van der Waals surface area contributed by atoms with Crippen LogP contribution in [0.2, 0.25) is 0 Å². The Morgan fingerprint density at radius 1 is 1.07 bits per heavy atom. The third-order valence-corrected chi connectivity index (χ3v) is 5.12. The van der Waals surface area contributed by atoms with Gasteiger partial charge in [0, 0.05) is 43.6 Å². The number of aryl methyl sites for hydroxylation is 2. The highest BCUT2D eigenvalue weighted by Crippen LogP contribution is 2.24. The Bertz CT molecular complexity index is 820. The fourth-order valence-corrected chi connectivity index (χ4v) is 3.43. The van der Waals surface area contributed by atoms with Crippen molar-refractivity contribution in [2.75, 3.05) is 42.9 Å². The summed E-state index contributed by atoms with van der Waals surface area (Å²) in [5.41, 5.74) is 5.40. The van der Waals surface area contributed by atoms with E-state index in [0.29, 0.717) is 0 Å². The molecule has 2 aromatic carbocycles. The van der Waals surface area contributed by atoms with Crippen LogP contribution in [0.3, 0.4) is 0 Å². The van der Waals surface area contributed by atoms with Crippen LogP contribution in [0.25, 0.3) is 6.08 Å². The third-order valence-electron chi connectivity index (χ3n) is 5.12. The van der Waals surface area contributed by atoms with Crippen LogP contribution in [0.4, 0.5) is 11.4 Å². The Hall–Kier alpha value is -2.59. The molecule has 4 heteroatoms. The maximum absolute atomic E-state index is 12.3. The zero-order chi connectivity index (χ0) is 19.2. The molecule has 0 aliphatic carbocycles. The number of amides is 1. The molecule has 0 bridgehead atoms. The molecule has 0 atom stereocenters. The molecule has 0 saturated carbocycles. The van der Waals surface area contributed by atoms with Gasteiger partial charge in [-0.3, -0.25) is 4.79 Å². The normalized spacial score (nSPS) is 15.3. The first kappa shape index (κ1) is 19.2. The second-order valence-electron chi connectivity index (χ2n) is 7.16. The molecule has 1 N–H and O–H groups in total. The van der Waals surface area contributed by atoms with Crippen LogP contribution in [-0.4, -0.2) is 43.5 Å². The maximum atomic E-state index is 12.3. The zero-order valence-electron chi connectivity index (χ0n) is 16.5. The molecule has 0 unspecified atom stereocenters. The number of hydrogen-bond donors (Lipinski definition) is 1. The summed E-state index contributed by atoms with van der Waals surface area (Å²) >= 11 is 0. The van der Waals surface area contributed by atoms with Crippen LogP contribution < -0.4 is 10.2 Å². The minimum absolute atomic E-state index is 0.107. The van der Waals surface area contributed by atoms with Crippen molar-refractivity contribution in [2.45, 2.75) is 20.8 Å². The van der Waals surface area contributed by atoms with E-state index in [4.69, 9.17) is 0 Å². The van der Waals surface area contributed by atoms with Crippen molar-refractivity contribution in [1.82, 2.24) is 4.90 Å². The fourth-order valence-electron chi connectivity index (χ4n) is 3.43. The standard InChI is InChI=1S/C23H29N3O/c1-4-25-12-14-26(15-13-25)21-9-10-22(19(3)17-21)24-23(27)11-8-20-7-5-6-18(2)16-20/h5-11,16-17H,4,12-15H2,1-3H3,(H,24,27)/b11-8+. The van der Waals surface area contributed by atoms with E-state index < -0.39 is 0 Å². The van der Waals surface area contributed by atoms with Gasteiger partial charge in [0.05, 0.1) is 0 Å². The van der Waals surface area contributed by atoms with E-state index in [2.05, 4.69) is 40.2 Å². The van der Waals surface area contributed by atoms with Crippen molar-refractivity contribution in [2.24, 2.45) is 0 Å². The summed E-state index contributed by atoms with van der Waals surface area (Å²) in [5.74, 6) is -0.107. The van der Waals surface area contributed by atoms with Gasteiger partial charge in [-0.1, -0.05) is 36.8 Å². The lowest BCUT2D eigenvalue weighted by molar-refractivity contribution is -0.111. The first-order valence-corrected chi connectivity index (χ1v) is 9.69. The summed E-state index contributed by atoms with van der Waals surface area (Å²) in [4.78, 5) is 17.2. The predicted octanol–water partition coefficient (Wildman–Crippen LogP) is 4.10. The molecule has 2 aromatic rings. The Balaban J connectivity index is 1.61. The van der Waals surface area contributed by atoms with Crippen LogP contribution in [0.1, 0.15) is 23.6 Å². The van der Waals surface area contributed by atoms with Gasteiger partial charge in [0.1, 0.15) is 0 Å². The Kier molecular flexibility index (Phi) is 6.30. The summed E-state index contributed by atoms with van der Waals surface area (Å²) in [5, 5.41) is 2.99. The van der Waals surface area contributed by atoms with E-state index in [-0.39, 0.29) is 5.91 Å². The Morgan fingerprint density at radius 3 is 2.52 bits per heavy atom. The highest BCUT2D eigenvalue weighted by Gasteiger charge is 2.16. The number of hydrogen-bond acceptors (Lipinski definition) is 3. The highest BCUT2D eigenvalue weighted by molar-refractivity contribution is 6.02. The summed E-state index contributed by atoms with van der Waals surface area (Å²) in [6, 6.07) is 14.4. The first-order chi connectivity index (χ1) is 13.0. The van der Waals surface area contributed by atoms with Crippen molar-refractivity contribution in [3.8, 4) is 0 Å². The molecule has 142 valence electrons. The zero-order valence-corrected chi connectivity index (χ0v) is 16.5. The number of nitrogens with zero attached hydrogens (tertiary/aromatic N) is 2. The lowest BCUT2D eigenvalue weighted by Gasteiger charge is -2.35. The molecule has 3 rings (SSSR count). The fraction of sp³-hybridized carbons (Fsp3) is 0.348. The van der Waals surface area contributed by atoms with Gasteiger partial charge in [0.25, 0.3) is 0 Å². The molecule has 1 fully saturated rings. The van der Waals surface area contributed by atoms with Gasteiger partial charge < -0.3 is 15.1 Å². The lowest BCUT2D eigenvalue weighted by atomic mass is 10.1. The quantitative estimate of drug-likeness (QED) is 0.813. The summed E-state index contributed by atoms with van der Waals surface area (Å²) in [6.45, 7) is 11.8. The molecule has 1 heterocycles. The largest absolute Gasteiger partial charge is 0.369 e. The third kappa shape index (κ3) is 5.20. The predicted molar refractivity (Wildman–Crippen MR) is 114 cm³/mol. The van der Waals surface area contributed by atoms with Gasteiger partial charge in [-0.25, -0.2) is 0 Å². The molecule has 27 heavy (non-hydrogen) atoms. The number of anilines is 2. The number of piperazine rings is 1. The SMILES string of the molecule is CCN1CCN(c2ccc(NC(=O)/C=C/c3cccc(C)c3)c(C)c2)CC1. The molecule has 0 spiro atoms. The van der Waals surface area contributed by atoms with Crippen LogP contribution in [0.5, 0.6) is 0 Å². The molecular formula is C23H29N3O. The smallest absolute Gasteiger partial charge is 0.248 e. The molecule has 1 amide bonds. The van der Waals surface area contributed by atoms with E-state index in [9.17, 15) is 4.79 Å². The van der Waals surface area contributed by atoms with E-state index in [0.717, 1.165) is 49.5 Å². The number of benzene rings is 2. The van der Waals surface area contributed by atoms with Crippen LogP contribution in [0.15, 0.2) is 48.5 Å². The molecular weight excluding hydrogens is 334 g/mol. The summed E-state index contributed by atoms with van der Waals surface area (Å²) in [7, 11) is 0. The van der Waals surface area contributed by atoms with Crippen LogP contribution in [0, 0.1) is 13.8 Å². The van der Waals surface area contributed by atoms with Crippen molar-refractivity contribution in [1.29, 1.82) is 0 Å². The Labute approximate surface area is 162 Å². The van der Waals surface area contributed by atoms with Crippen molar-refractivity contribution in [3.63, 3.8) is 0 Å². The molecule has 0 aromatic heterocycles. The molecule has 0 radical (unpaired) electrons. The lowest BCUT2D eigenvalue weighted by Crippen LogP contribution is -2.46. The average Bonchev–Trinajstić information content (AvgIpc) is 2.68. The summed E-state index contributed by atoms with van der Waals surface area (Å²) in [6.07, 6.45) is 3.44. The van der Waals surface area contributed by atoms with Gasteiger partial charge in [-0.15, -0.1) is 0 Å². The minimum Gasteiger partial charge on any atom is -0.369 e. The second-order valence-corrected chi connectivity index (χ2v) is 7.16. The topological polar surface area (TPSA) is 35.6 Å². The highest BCUT2D eigenvalue weighted by atomic mass is 16.1. The minimum atomic E-state index is -0.107. The number of carbonyl (C=O) groups is 1. The Morgan fingerprint density at radius 2 is 1.85 bits per heavy atom. The molecule has 4 nitrogen and oxygen atoms in total. The van der Waals surface area contributed by atoms with Gasteiger partial charge in [0.2, 0.25) is 5.91 Å². The monoisotopic (exact) mass is 363 g/mol. The van der Waals surface area contributed by atoms with Gasteiger partial charge in [0.15, 0.2) is 0 Å². The average molecular weight is 364 g/mol. The van der Waals surface area contributed by atoms with Crippen molar-refractivity contribution >= 4 is 23.4 Å². The molecule has 1 aliphatic heterocycles. The molecule has 1 aliphatic rings. The molecule has 1 saturated heterocycles. The van der Waals surface area contributed by atoms with Crippen molar-refractivity contribution in [3.05, 3.63) is 65.2 Å². The van der Waals surface area contributed by atoms with E-state index >= 15 is 0 Å². The van der Waals surface area contributed by atoms with Gasteiger partial charge in [-0.05, 0) is 55.8 Å². The summed E-state index contributed by atoms with van der Waals surface area (Å²) < 4.78 is 0. The van der Waals surface area contributed by atoms with E-state index in [1.54, 1.807) is 6.08 Å². The second kappa shape index (κ2) is 8.87. The number of rotatable bonds is 5.